The maximum Gasteiger partial charge on any atom is 0.238 e. The van der Waals surface area contributed by atoms with E-state index in [0.717, 1.165) is 11.3 Å². The summed E-state index contributed by atoms with van der Waals surface area (Å²) in [6.07, 6.45) is 1.47. The van der Waals surface area contributed by atoms with Crippen molar-refractivity contribution in [3.8, 4) is 11.5 Å². The van der Waals surface area contributed by atoms with Crippen molar-refractivity contribution in [2.45, 2.75) is 17.9 Å². The lowest BCUT2D eigenvalue weighted by Crippen LogP contribution is -2.16. The third kappa shape index (κ3) is 5.14. The summed E-state index contributed by atoms with van der Waals surface area (Å²) in [7, 11) is -2.52. The molecular formula is C23H21ClN4O5S. The highest BCUT2D eigenvalue weighted by molar-refractivity contribution is 7.89. The summed E-state index contributed by atoms with van der Waals surface area (Å²) in [4.78, 5) is 12.4. The predicted molar refractivity (Wildman–Crippen MR) is 129 cm³/mol. The minimum Gasteiger partial charge on any atom is -0.506 e. The van der Waals surface area contributed by atoms with E-state index >= 15 is 0 Å². The van der Waals surface area contributed by atoms with Crippen molar-refractivity contribution in [2.24, 2.45) is 5.14 Å². The molecule has 0 bridgehead atoms. The minimum atomic E-state index is -4.10. The first-order valence-electron chi connectivity index (χ1n) is 10.1. The second-order valence-electron chi connectivity index (χ2n) is 7.60. The van der Waals surface area contributed by atoms with Crippen molar-refractivity contribution in [3.63, 3.8) is 0 Å². The van der Waals surface area contributed by atoms with Crippen molar-refractivity contribution < 1.29 is 23.1 Å². The highest BCUT2D eigenvalue weighted by Crippen LogP contribution is 2.29. The van der Waals surface area contributed by atoms with Gasteiger partial charge in [-0.05, 0) is 41.5 Å². The van der Waals surface area contributed by atoms with Crippen LogP contribution >= 0.6 is 11.6 Å². The molecule has 4 rings (SSSR count). The molecule has 0 aliphatic rings. The first kappa shape index (κ1) is 23.6. The lowest BCUT2D eigenvalue weighted by atomic mass is 10.1. The van der Waals surface area contributed by atoms with Crippen LogP contribution in [0.1, 0.15) is 11.1 Å². The fraction of sp³-hybridized carbons (Fsp3) is 0.130. The van der Waals surface area contributed by atoms with Crippen molar-refractivity contribution in [1.29, 1.82) is 0 Å². The fourth-order valence-corrected chi connectivity index (χ4v) is 4.48. The van der Waals surface area contributed by atoms with E-state index in [1.807, 2.05) is 24.3 Å². The molecule has 3 aromatic carbocycles. The van der Waals surface area contributed by atoms with Crippen LogP contribution in [0.5, 0.6) is 11.5 Å². The van der Waals surface area contributed by atoms with E-state index < -0.39 is 15.9 Å². The van der Waals surface area contributed by atoms with Gasteiger partial charge in [0.2, 0.25) is 15.9 Å². The molecule has 176 valence electrons. The molecule has 1 aromatic heterocycles. The Morgan fingerprint density at radius 1 is 1.21 bits per heavy atom. The van der Waals surface area contributed by atoms with Crippen molar-refractivity contribution >= 4 is 44.1 Å². The van der Waals surface area contributed by atoms with Crippen LogP contribution in [0.25, 0.3) is 10.9 Å². The normalized spacial score (nSPS) is 11.5. The van der Waals surface area contributed by atoms with Gasteiger partial charge < -0.3 is 15.2 Å². The summed E-state index contributed by atoms with van der Waals surface area (Å²) < 4.78 is 31.3. The van der Waals surface area contributed by atoms with Crippen LogP contribution in [0.3, 0.4) is 0 Å². The number of aromatic hydroxyl groups is 1. The zero-order valence-corrected chi connectivity index (χ0v) is 19.6. The van der Waals surface area contributed by atoms with Crippen molar-refractivity contribution in [3.05, 3.63) is 76.9 Å². The molecule has 11 heteroatoms. The Balaban J connectivity index is 1.63. The molecule has 0 saturated heterocycles. The number of ether oxygens (including phenoxy) is 1. The van der Waals surface area contributed by atoms with Crippen molar-refractivity contribution in [2.75, 3.05) is 12.4 Å². The first-order valence-corrected chi connectivity index (χ1v) is 12.0. The number of hydrogen-bond donors (Lipinski definition) is 3. The van der Waals surface area contributed by atoms with Crippen LogP contribution in [0, 0.1) is 0 Å². The molecule has 0 unspecified atom stereocenters. The highest BCUT2D eigenvalue weighted by Gasteiger charge is 2.19. The van der Waals surface area contributed by atoms with Crippen molar-refractivity contribution in [1.82, 2.24) is 9.78 Å². The summed E-state index contributed by atoms with van der Waals surface area (Å²) in [5.74, 6) is 0.135. The first-order chi connectivity index (χ1) is 16.1. The largest absolute Gasteiger partial charge is 0.506 e. The van der Waals surface area contributed by atoms with Gasteiger partial charge in [0.05, 0.1) is 35.5 Å². The quantitative estimate of drug-likeness (QED) is 0.356. The topological polar surface area (TPSA) is 137 Å². The summed E-state index contributed by atoms with van der Waals surface area (Å²) in [5, 5.41) is 22.7. The molecule has 1 heterocycles. The zero-order chi connectivity index (χ0) is 24.5. The number of methoxy groups -OCH3 is 1. The smallest absolute Gasteiger partial charge is 0.238 e. The van der Waals surface area contributed by atoms with E-state index in [-0.39, 0.29) is 27.8 Å². The number of nitrogens with zero attached hydrogens (tertiary/aromatic N) is 2. The standard InChI is InChI=1S/C23H21ClN4O5S/c1-33-17-7-5-14(6-8-17)12-28-13-18-19(27-28)10-16(11-21(18)34(25,31)32)26-22(30)9-15-3-2-4-20(29)23(15)24/h2-8,10-11,13,29H,9,12H2,1H3,(H,26,30)(H2,25,31,32). The van der Waals surface area contributed by atoms with E-state index in [1.165, 1.54) is 12.1 Å². The van der Waals surface area contributed by atoms with E-state index in [4.69, 9.17) is 21.5 Å². The molecule has 0 aliphatic carbocycles. The number of rotatable bonds is 7. The summed E-state index contributed by atoms with van der Waals surface area (Å²) >= 11 is 6.04. The average Bonchev–Trinajstić information content (AvgIpc) is 3.18. The summed E-state index contributed by atoms with van der Waals surface area (Å²) in [5.41, 5.74) is 1.93. The number of halogens is 1. The Kier molecular flexibility index (Phi) is 6.47. The van der Waals surface area contributed by atoms with Gasteiger partial charge in [0.25, 0.3) is 0 Å². The third-order valence-corrected chi connectivity index (χ3v) is 6.52. The number of fused-ring (bicyclic) bond motifs is 1. The highest BCUT2D eigenvalue weighted by atomic mass is 35.5. The van der Waals surface area contributed by atoms with Gasteiger partial charge in [0.15, 0.2) is 0 Å². The van der Waals surface area contributed by atoms with Gasteiger partial charge >= 0.3 is 0 Å². The number of carbonyl (C=O) groups is 1. The number of aromatic nitrogens is 2. The second-order valence-corrected chi connectivity index (χ2v) is 9.51. The Morgan fingerprint density at radius 3 is 2.62 bits per heavy atom. The zero-order valence-electron chi connectivity index (χ0n) is 18.0. The molecule has 4 aromatic rings. The molecule has 0 saturated carbocycles. The molecule has 0 spiro atoms. The monoisotopic (exact) mass is 500 g/mol. The number of amides is 1. The number of anilines is 1. The SMILES string of the molecule is COc1ccc(Cn2cc3c(S(N)(=O)=O)cc(NC(=O)Cc4cccc(O)c4Cl)cc3n2)cc1. The van der Waals surface area contributed by atoms with E-state index in [0.29, 0.717) is 23.0 Å². The lowest BCUT2D eigenvalue weighted by Gasteiger charge is -2.09. The number of nitrogens with one attached hydrogen (secondary N) is 1. The number of primary sulfonamides is 1. The summed E-state index contributed by atoms with van der Waals surface area (Å²) in [6, 6.07) is 14.9. The van der Waals surface area contributed by atoms with Crippen LogP contribution in [0.4, 0.5) is 5.69 Å². The van der Waals surface area contributed by atoms with Gasteiger partial charge in [-0.15, -0.1) is 0 Å². The van der Waals surface area contributed by atoms with E-state index in [9.17, 15) is 18.3 Å². The van der Waals surface area contributed by atoms with Gasteiger partial charge in [0.1, 0.15) is 11.5 Å². The van der Waals surface area contributed by atoms with Gasteiger partial charge in [-0.3, -0.25) is 9.48 Å². The van der Waals surface area contributed by atoms with Crippen LogP contribution in [0.15, 0.2) is 65.7 Å². The number of hydrogen-bond acceptors (Lipinski definition) is 6. The Morgan fingerprint density at radius 2 is 1.94 bits per heavy atom. The van der Waals surface area contributed by atoms with E-state index in [2.05, 4.69) is 10.4 Å². The van der Waals surface area contributed by atoms with Crippen LogP contribution in [-0.2, 0) is 27.8 Å². The molecular weight excluding hydrogens is 480 g/mol. The number of carbonyl (C=O) groups excluding carboxylic acids is 1. The molecule has 4 N–H and O–H groups in total. The Labute approximate surface area is 200 Å². The number of benzene rings is 3. The van der Waals surface area contributed by atoms with Gasteiger partial charge in [0, 0.05) is 17.3 Å². The van der Waals surface area contributed by atoms with Crippen LogP contribution in [-0.4, -0.2) is 36.3 Å². The maximum absolute atomic E-state index is 12.6. The summed E-state index contributed by atoms with van der Waals surface area (Å²) in [6.45, 7) is 0.389. The van der Waals surface area contributed by atoms with Gasteiger partial charge in [-0.25, -0.2) is 13.6 Å². The lowest BCUT2D eigenvalue weighted by molar-refractivity contribution is -0.115. The molecule has 9 nitrogen and oxygen atoms in total. The second kappa shape index (κ2) is 9.34. The van der Waals surface area contributed by atoms with Gasteiger partial charge in [-0.2, -0.15) is 5.10 Å². The molecule has 1 amide bonds. The predicted octanol–water partition coefficient (Wildman–Crippen LogP) is 3.28. The number of phenolic OH excluding ortho intramolecular Hbond substituents is 1. The number of nitrogens with two attached hydrogens (primary N) is 1. The minimum absolute atomic E-state index is 0.0793. The maximum atomic E-state index is 12.6. The molecule has 34 heavy (non-hydrogen) atoms. The third-order valence-electron chi connectivity index (χ3n) is 5.14. The Bertz CT molecular complexity index is 1480. The number of phenols is 1. The molecule has 0 atom stereocenters. The average molecular weight is 501 g/mol. The fourth-order valence-electron chi connectivity index (χ4n) is 3.53. The Hall–Kier alpha value is -3.60. The van der Waals surface area contributed by atoms with E-state index in [1.54, 1.807) is 36.2 Å². The van der Waals surface area contributed by atoms with Crippen LogP contribution in [0.2, 0.25) is 5.02 Å². The molecule has 0 radical (unpaired) electrons. The van der Waals surface area contributed by atoms with Gasteiger partial charge in [-0.1, -0.05) is 35.9 Å². The number of sulfonamides is 1. The van der Waals surface area contributed by atoms with Crippen LogP contribution < -0.4 is 15.2 Å². The molecule has 0 aliphatic heterocycles. The molecule has 0 fully saturated rings.